The Hall–Kier alpha value is -0.880. The molecule has 1 aromatic rings. The van der Waals surface area contributed by atoms with Crippen molar-refractivity contribution in [3.05, 3.63) is 24.2 Å². The number of aliphatic hydroxyl groups is 2. The maximum Gasteiger partial charge on any atom is 0.129 e. The number of ether oxygens (including phenoxy) is 1. The van der Waals surface area contributed by atoms with Gasteiger partial charge in [-0.1, -0.05) is 26.7 Å². The predicted molar refractivity (Wildman–Crippen MR) is 77.3 cm³/mol. The second-order valence-corrected chi connectivity index (χ2v) is 5.05. The molecule has 0 fully saturated rings. The van der Waals surface area contributed by atoms with Crippen molar-refractivity contribution in [2.75, 3.05) is 19.7 Å². The van der Waals surface area contributed by atoms with Crippen LogP contribution < -0.4 is 5.32 Å². The third-order valence-electron chi connectivity index (χ3n) is 3.46. The van der Waals surface area contributed by atoms with Crippen LogP contribution in [0.2, 0.25) is 0 Å². The van der Waals surface area contributed by atoms with Crippen molar-refractivity contribution in [3.8, 4) is 0 Å². The molecule has 0 aromatic carbocycles. The van der Waals surface area contributed by atoms with E-state index in [1.54, 1.807) is 12.3 Å². The summed E-state index contributed by atoms with van der Waals surface area (Å²) >= 11 is 0. The fourth-order valence-corrected chi connectivity index (χ4v) is 2.15. The molecule has 0 aliphatic carbocycles. The average Bonchev–Trinajstić information content (AvgIpc) is 2.93. The van der Waals surface area contributed by atoms with Crippen molar-refractivity contribution in [1.82, 2.24) is 5.32 Å². The number of furan rings is 1. The summed E-state index contributed by atoms with van der Waals surface area (Å²) in [7, 11) is 0. The highest BCUT2D eigenvalue weighted by Gasteiger charge is 2.15. The van der Waals surface area contributed by atoms with Crippen LogP contribution in [0.5, 0.6) is 0 Å². The Kier molecular flexibility index (Phi) is 8.53. The zero-order valence-electron chi connectivity index (χ0n) is 12.4. The van der Waals surface area contributed by atoms with Crippen molar-refractivity contribution in [2.24, 2.45) is 5.92 Å². The van der Waals surface area contributed by atoms with E-state index in [1.165, 1.54) is 0 Å². The van der Waals surface area contributed by atoms with Crippen LogP contribution in [-0.2, 0) is 11.3 Å². The highest BCUT2D eigenvalue weighted by molar-refractivity contribution is 4.96. The smallest absolute Gasteiger partial charge is 0.129 e. The fourth-order valence-electron chi connectivity index (χ4n) is 2.15. The minimum Gasteiger partial charge on any atom is -0.467 e. The summed E-state index contributed by atoms with van der Waals surface area (Å²) in [5, 5.41) is 22.8. The molecular weight excluding hydrogens is 258 g/mol. The molecule has 20 heavy (non-hydrogen) atoms. The average molecular weight is 285 g/mol. The van der Waals surface area contributed by atoms with Gasteiger partial charge in [0.25, 0.3) is 0 Å². The number of hydrogen-bond acceptors (Lipinski definition) is 5. The SMILES string of the molecule is CCC(CC)C(O)CNCC(O)COCc1ccco1. The minimum atomic E-state index is -0.584. The van der Waals surface area contributed by atoms with E-state index in [4.69, 9.17) is 9.15 Å². The molecule has 5 nitrogen and oxygen atoms in total. The number of nitrogens with one attached hydrogen (secondary N) is 1. The molecule has 0 aliphatic rings. The van der Waals surface area contributed by atoms with Gasteiger partial charge in [0.2, 0.25) is 0 Å². The lowest BCUT2D eigenvalue weighted by atomic mass is 9.96. The molecule has 0 aliphatic heterocycles. The number of rotatable bonds is 11. The summed E-state index contributed by atoms with van der Waals surface area (Å²) in [6.45, 7) is 5.68. The fraction of sp³-hybridized carbons (Fsp3) is 0.733. The van der Waals surface area contributed by atoms with Crippen LogP contribution in [-0.4, -0.2) is 42.1 Å². The van der Waals surface area contributed by atoms with E-state index < -0.39 is 6.10 Å². The van der Waals surface area contributed by atoms with Gasteiger partial charge in [-0.25, -0.2) is 0 Å². The van der Waals surface area contributed by atoms with E-state index in [-0.39, 0.29) is 12.7 Å². The Bertz CT molecular complexity index is 325. The normalized spacial score (nSPS) is 14.7. The second-order valence-electron chi connectivity index (χ2n) is 5.05. The summed E-state index contributed by atoms with van der Waals surface area (Å²) in [6, 6.07) is 3.63. The van der Waals surface area contributed by atoms with Crippen molar-refractivity contribution in [1.29, 1.82) is 0 Å². The summed E-state index contributed by atoms with van der Waals surface area (Å²) < 4.78 is 10.5. The molecule has 0 saturated heterocycles. The van der Waals surface area contributed by atoms with Crippen LogP contribution >= 0.6 is 0 Å². The van der Waals surface area contributed by atoms with Crippen LogP contribution in [0.25, 0.3) is 0 Å². The maximum absolute atomic E-state index is 9.94. The van der Waals surface area contributed by atoms with Crippen LogP contribution in [0.3, 0.4) is 0 Å². The maximum atomic E-state index is 9.94. The molecule has 5 heteroatoms. The molecule has 1 aromatic heterocycles. The van der Waals surface area contributed by atoms with Gasteiger partial charge >= 0.3 is 0 Å². The van der Waals surface area contributed by atoms with Crippen LogP contribution in [0.4, 0.5) is 0 Å². The molecule has 2 unspecified atom stereocenters. The van der Waals surface area contributed by atoms with Crippen LogP contribution in [0.15, 0.2) is 22.8 Å². The molecule has 0 bridgehead atoms. The first kappa shape index (κ1) is 17.2. The number of aliphatic hydroxyl groups excluding tert-OH is 2. The van der Waals surface area contributed by atoms with Gasteiger partial charge in [0, 0.05) is 13.1 Å². The van der Waals surface area contributed by atoms with E-state index in [9.17, 15) is 10.2 Å². The van der Waals surface area contributed by atoms with Gasteiger partial charge in [0.15, 0.2) is 0 Å². The first-order chi connectivity index (χ1) is 9.67. The van der Waals surface area contributed by atoms with Crippen molar-refractivity contribution in [2.45, 2.75) is 45.5 Å². The Balaban J connectivity index is 2.06. The molecule has 0 spiro atoms. The molecule has 1 rings (SSSR count). The zero-order chi connectivity index (χ0) is 14.8. The summed E-state index contributed by atoms with van der Waals surface area (Å²) in [5.74, 6) is 1.06. The first-order valence-electron chi connectivity index (χ1n) is 7.34. The lowest BCUT2D eigenvalue weighted by molar-refractivity contribution is 0.0199. The summed E-state index contributed by atoms with van der Waals surface area (Å²) in [5.41, 5.74) is 0. The highest BCUT2D eigenvalue weighted by atomic mass is 16.5. The molecule has 0 amide bonds. The van der Waals surface area contributed by atoms with Gasteiger partial charge in [-0.05, 0) is 18.1 Å². The monoisotopic (exact) mass is 285 g/mol. The lowest BCUT2D eigenvalue weighted by Gasteiger charge is -2.21. The molecule has 2 atom stereocenters. The minimum absolute atomic E-state index is 0.245. The quantitative estimate of drug-likeness (QED) is 0.575. The largest absolute Gasteiger partial charge is 0.467 e. The molecule has 0 radical (unpaired) electrons. The van der Waals surface area contributed by atoms with Crippen LogP contribution in [0.1, 0.15) is 32.4 Å². The Labute approximate surface area is 120 Å². The third kappa shape index (κ3) is 6.52. The standard InChI is InChI=1S/C15H27NO4/c1-3-12(4-2)15(18)9-16-8-13(17)10-19-11-14-6-5-7-20-14/h5-7,12-13,15-18H,3-4,8-11H2,1-2H3. The van der Waals surface area contributed by atoms with Crippen LogP contribution in [0, 0.1) is 5.92 Å². The van der Waals surface area contributed by atoms with Gasteiger partial charge in [-0.15, -0.1) is 0 Å². The molecular formula is C15H27NO4. The Morgan fingerprint density at radius 3 is 2.60 bits per heavy atom. The number of hydrogen-bond donors (Lipinski definition) is 3. The zero-order valence-corrected chi connectivity index (χ0v) is 12.4. The molecule has 0 saturated carbocycles. The van der Waals surface area contributed by atoms with Gasteiger partial charge < -0.3 is 24.7 Å². The van der Waals surface area contributed by atoms with Crippen molar-refractivity contribution >= 4 is 0 Å². The third-order valence-corrected chi connectivity index (χ3v) is 3.46. The second kappa shape index (κ2) is 9.94. The Morgan fingerprint density at radius 1 is 1.25 bits per heavy atom. The van der Waals surface area contributed by atoms with Gasteiger partial charge in [0.1, 0.15) is 12.4 Å². The topological polar surface area (TPSA) is 74.9 Å². The predicted octanol–water partition coefficient (Wildman–Crippen LogP) is 1.54. The molecule has 1 heterocycles. The van der Waals surface area contributed by atoms with Gasteiger partial charge in [-0.3, -0.25) is 0 Å². The summed E-state index contributed by atoms with van der Waals surface area (Å²) in [4.78, 5) is 0. The van der Waals surface area contributed by atoms with E-state index in [0.29, 0.717) is 25.6 Å². The summed E-state index contributed by atoms with van der Waals surface area (Å²) in [6.07, 6.45) is 2.58. The molecule has 116 valence electrons. The van der Waals surface area contributed by atoms with E-state index >= 15 is 0 Å². The van der Waals surface area contributed by atoms with E-state index in [0.717, 1.165) is 18.6 Å². The highest BCUT2D eigenvalue weighted by Crippen LogP contribution is 2.12. The van der Waals surface area contributed by atoms with Gasteiger partial charge in [0.05, 0.1) is 25.1 Å². The van der Waals surface area contributed by atoms with E-state index in [2.05, 4.69) is 19.2 Å². The van der Waals surface area contributed by atoms with Gasteiger partial charge in [-0.2, -0.15) is 0 Å². The first-order valence-corrected chi connectivity index (χ1v) is 7.34. The van der Waals surface area contributed by atoms with Crippen molar-refractivity contribution < 1.29 is 19.4 Å². The molecule has 3 N–H and O–H groups in total. The lowest BCUT2D eigenvalue weighted by Crippen LogP contribution is -2.37. The van der Waals surface area contributed by atoms with Crippen molar-refractivity contribution in [3.63, 3.8) is 0 Å². The van der Waals surface area contributed by atoms with E-state index in [1.807, 2.05) is 6.07 Å². The Morgan fingerprint density at radius 2 is 2.00 bits per heavy atom.